The van der Waals surface area contributed by atoms with Crippen LogP contribution in [-0.4, -0.2) is 36.2 Å². The quantitative estimate of drug-likeness (QED) is 0.368. The summed E-state index contributed by atoms with van der Waals surface area (Å²) in [6.45, 7) is 0. The van der Waals surface area contributed by atoms with Gasteiger partial charge in [0.25, 0.3) is 0 Å². The fraction of sp³-hybridized carbons (Fsp3) is 0. The Balaban J connectivity index is -0.00000000500. The summed E-state index contributed by atoms with van der Waals surface area (Å²) in [5.74, 6) is 0. The van der Waals surface area contributed by atoms with E-state index in [-0.39, 0.29) is 36.2 Å². The molecule has 0 atom stereocenters. The average molecular weight is 126 g/mol. The molecule has 4 heavy (non-hydrogen) atoms. The third-order valence-corrected chi connectivity index (χ3v) is 0. The molecule has 0 nitrogen and oxygen atoms in total. The molecule has 0 aromatic heterocycles. The predicted molar refractivity (Wildman–Crippen MR) is 24.7 cm³/mol. The van der Waals surface area contributed by atoms with Crippen molar-refractivity contribution in [1.29, 1.82) is 0 Å². The Morgan fingerprint density at radius 2 is 1.25 bits per heavy atom. The first-order chi connectivity index (χ1) is 1.00. The van der Waals surface area contributed by atoms with Gasteiger partial charge in [-0.1, -0.05) is 0 Å². The Bertz CT molecular complexity index is 8.00. The van der Waals surface area contributed by atoms with Gasteiger partial charge in [0.15, 0.2) is 17.4 Å². The van der Waals surface area contributed by atoms with Gasteiger partial charge >= 0.3 is 43.8 Å². The molecule has 0 aromatic carbocycles. The maximum atomic E-state index is 3.83. The summed E-state index contributed by atoms with van der Waals surface area (Å²) >= 11 is 2.83. The van der Waals surface area contributed by atoms with Gasteiger partial charge in [-0.25, -0.2) is 0 Å². The van der Waals surface area contributed by atoms with Crippen LogP contribution >= 0.6 is 10.6 Å². The van der Waals surface area contributed by atoms with Gasteiger partial charge in [-0.2, -0.15) is 0 Å². The van der Waals surface area contributed by atoms with E-state index >= 15 is 0 Å². The Labute approximate surface area is 60.7 Å². The zero-order chi connectivity index (χ0) is 2.00. The van der Waals surface area contributed by atoms with Crippen molar-refractivity contribution in [2.24, 2.45) is 0 Å². The molecule has 0 radical (unpaired) electrons. The summed E-state index contributed by atoms with van der Waals surface area (Å²) in [6.07, 6.45) is 0. The van der Waals surface area contributed by atoms with Crippen molar-refractivity contribution in [3.63, 3.8) is 0 Å². The van der Waals surface area contributed by atoms with E-state index in [2.05, 4.69) is 24.9 Å². The van der Waals surface area contributed by atoms with Crippen LogP contribution in [0.25, 0.3) is 0 Å². The molecule has 0 rings (SSSR count). The molecule has 0 saturated carbocycles. The van der Waals surface area contributed by atoms with Gasteiger partial charge in [-0.15, -0.1) is 0 Å². The topological polar surface area (TPSA) is 0 Å². The first-order valence-corrected chi connectivity index (χ1v) is 1.79. The first-order valence-electron chi connectivity index (χ1n) is 0.144. The van der Waals surface area contributed by atoms with Gasteiger partial charge in [0.2, 0.25) is 0 Å². The van der Waals surface area contributed by atoms with E-state index in [0.717, 1.165) is 0 Å². The molecule has 0 heterocycles. The summed E-state index contributed by atoms with van der Waals surface area (Å²) in [4.78, 5) is 0. The van der Waals surface area contributed by atoms with Crippen molar-refractivity contribution < 1.29 is 14.4 Å². The van der Waals surface area contributed by atoms with Gasteiger partial charge < -0.3 is 0 Å². The molecular formula is H4AlFeLiS. The van der Waals surface area contributed by atoms with E-state index in [1.807, 2.05) is 0 Å². The van der Waals surface area contributed by atoms with E-state index in [1.54, 1.807) is 0 Å². The summed E-state index contributed by atoms with van der Waals surface area (Å²) in [7, 11) is 3.83. The Hall–Kier alpha value is 1.87. The monoisotopic (exact) mass is 126 g/mol. The van der Waals surface area contributed by atoms with E-state index in [0.29, 0.717) is 0 Å². The molecule has 22 valence electrons. The Kier molecular flexibility index (Phi) is 88.2. The molecule has 0 spiro atoms. The summed E-state index contributed by atoms with van der Waals surface area (Å²) in [5, 5.41) is 0. The second-order valence-electron chi connectivity index (χ2n) is 0. The van der Waals surface area contributed by atoms with Crippen LogP contribution in [0.15, 0.2) is 0 Å². The van der Waals surface area contributed by atoms with E-state index < -0.39 is 0 Å². The van der Waals surface area contributed by atoms with Crippen LogP contribution in [0.3, 0.4) is 0 Å². The molecule has 4 heteroatoms. The Morgan fingerprint density at radius 3 is 1.25 bits per heavy atom. The fourth-order valence-corrected chi connectivity index (χ4v) is 0. The second kappa shape index (κ2) is 20.9. The van der Waals surface area contributed by atoms with Crippen LogP contribution in [-0.2, 0) is 14.4 Å². The molecule has 0 bridgehead atoms. The SMILES string of the molecule is [AlH3].[LiH].[S]=[Fe]. The minimum absolute atomic E-state index is 0. The molecule has 0 amide bonds. The van der Waals surface area contributed by atoms with Crippen LogP contribution in [0.4, 0.5) is 0 Å². The van der Waals surface area contributed by atoms with E-state index in [1.165, 1.54) is 0 Å². The zero-order valence-electron chi connectivity index (χ0n) is 0.762. The van der Waals surface area contributed by atoms with Crippen LogP contribution in [0, 0.1) is 0 Å². The van der Waals surface area contributed by atoms with Crippen molar-refractivity contribution in [3.8, 4) is 0 Å². The second-order valence-corrected chi connectivity index (χ2v) is 0. The van der Waals surface area contributed by atoms with Crippen LogP contribution in [0.2, 0.25) is 0 Å². The number of hydrogen-bond donors (Lipinski definition) is 0. The maximum absolute atomic E-state index is 3.83. The molecule has 0 fully saturated rings. The standard InChI is InChI=1S/Al.Fe.Li.S.4H. The third-order valence-electron chi connectivity index (χ3n) is 0. The van der Waals surface area contributed by atoms with Crippen LogP contribution in [0.1, 0.15) is 0 Å². The molecular weight excluding hydrogens is 122 g/mol. The van der Waals surface area contributed by atoms with E-state index in [9.17, 15) is 0 Å². The molecule has 0 aliphatic heterocycles. The average Bonchev–Trinajstić information content (AvgIpc) is 1.00. The van der Waals surface area contributed by atoms with Crippen molar-refractivity contribution >= 4 is 46.8 Å². The summed E-state index contributed by atoms with van der Waals surface area (Å²) < 4.78 is 0. The van der Waals surface area contributed by atoms with Crippen molar-refractivity contribution in [2.45, 2.75) is 0 Å². The zero-order valence-corrected chi connectivity index (χ0v) is 2.68. The number of hydrogen-bond acceptors (Lipinski definition) is 1. The molecule has 0 aromatic rings. The van der Waals surface area contributed by atoms with Crippen molar-refractivity contribution in [2.75, 3.05) is 0 Å². The predicted octanol–water partition coefficient (Wildman–Crippen LogP) is -1.19. The molecule has 0 N–H and O–H groups in total. The Morgan fingerprint density at radius 1 is 1.25 bits per heavy atom. The third kappa shape index (κ3) is 9.12. The van der Waals surface area contributed by atoms with Crippen molar-refractivity contribution in [1.82, 2.24) is 0 Å². The summed E-state index contributed by atoms with van der Waals surface area (Å²) in [5.41, 5.74) is 0. The van der Waals surface area contributed by atoms with Crippen LogP contribution < -0.4 is 0 Å². The molecule has 0 aliphatic rings. The minimum atomic E-state index is 0. The first kappa shape index (κ1) is 16.9. The van der Waals surface area contributed by atoms with Gasteiger partial charge in [-0.05, 0) is 0 Å². The number of rotatable bonds is 0. The van der Waals surface area contributed by atoms with Crippen LogP contribution in [0.5, 0.6) is 0 Å². The van der Waals surface area contributed by atoms with Gasteiger partial charge in [-0.3, -0.25) is 0 Å². The fourth-order valence-electron chi connectivity index (χ4n) is 0. The van der Waals surface area contributed by atoms with E-state index in [4.69, 9.17) is 0 Å². The molecule has 0 unspecified atom stereocenters. The van der Waals surface area contributed by atoms with Gasteiger partial charge in [0.1, 0.15) is 0 Å². The van der Waals surface area contributed by atoms with Crippen molar-refractivity contribution in [3.05, 3.63) is 0 Å². The normalized spacial score (nSPS) is 1.25. The molecule has 0 aliphatic carbocycles. The molecule has 0 saturated heterocycles. The van der Waals surface area contributed by atoms with Gasteiger partial charge in [0.05, 0.1) is 0 Å². The van der Waals surface area contributed by atoms with Gasteiger partial charge in [0, 0.05) is 0 Å². The summed E-state index contributed by atoms with van der Waals surface area (Å²) in [6, 6.07) is 0.